The van der Waals surface area contributed by atoms with Crippen LogP contribution in [0.4, 0.5) is 0 Å². The van der Waals surface area contributed by atoms with Gasteiger partial charge in [-0.1, -0.05) is 0 Å². The van der Waals surface area contributed by atoms with Crippen LogP contribution in [-0.4, -0.2) is 9.55 Å². The Morgan fingerprint density at radius 3 is 2.69 bits per heavy atom. The zero-order valence-electron chi connectivity index (χ0n) is 9.84. The lowest BCUT2D eigenvalue weighted by molar-refractivity contribution is 0.589. The molecular formula is C12H17N3S. The van der Waals surface area contributed by atoms with E-state index in [1.807, 2.05) is 30.8 Å². The van der Waals surface area contributed by atoms with Crippen molar-refractivity contribution in [2.45, 2.75) is 32.9 Å². The van der Waals surface area contributed by atoms with Crippen molar-refractivity contribution in [3.63, 3.8) is 0 Å². The molecule has 2 unspecified atom stereocenters. The molecule has 2 N–H and O–H groups in total. The lowest BCUT2D eigenvalue weighted by Gasteiger charge is -2.17. The largest absolute Gasteiger partial charge is 0.325 e. The third-order valence-electron chi connectivity index (χ3n) is 2.75. The van der Waals surface area contributed by atoms with E-state index in [1.165, 1.54) is 9.75 Å². The van der Waals surface area contributed by atoms with Crippen molar-refractivity contribution in [2.75, 3.05) is 0 Å². The molecule has 16 heavy (non-hydrogen) atoms. The molecule has 86 valence electrons. The van der Waals surface area contributed by atoms with Gasteiger partial charge in [0.2, 0.25) is 0 Å². The predicted molar refractivity (Wildman–Crippen MR) is 67.7 cm³/mol. The molecule has 0 amide bonds. The summed E-state index contributed by atoms with van der Waals surface area (Å²) in [5.74, 6) is 0. The summed E-state index contributed by atoms with van der Waals surface area (Å²) in [7, 11) is 0. The first-order chi connectivity index (χ1) is 7.59. The minimum Gasteiger partial charge on any atom is -0.325 e. The van der Waals surface area contributed by atoms with E-state index in [0.29, 0.717) is 6.04 Å². The van der Waals surface area contributed by atoms with E-state index in [9.17, 15) is 0 Å². The van der Waals surface area contributed by atoms with Crippen molar-refractivity contribution in [3.05, 3.63) is 40.1 Å². The number of nitrogens with zero attached hydrogens (tertiary/aromatic N) is 2. The Labute approximate surface area is 99.9 Å². The maximum atomic E-state index is 5.92. The molecule has 0 saturated heterocycles. The van der Waals surface area contributed by atoms with Crippen LogP contribution < -0.4 is 5.73 Å². The molecule has 0 aliphatic heterocycles. The Morgan fingerprint density at radius 1 is 1.38 bits per heavy atom. The van der Waals surface area contributed by atoms with Gasteiger partial charge in [-0.15, -0.1) is 11.3 Å². The molecule has 0 aliphatic rings. The zero-order chi connectivity index (χ0) is 11.7. The third-order valence-corrected chi connectivity index (χ3v) is 3.92. The van der Waals surface area contributed by atoms with Gasteiger partial charge in [-0.25, -0.2) is 4.98 Å². The summed E-state index contributed by atoms with van der Waals surface area (Å²) in [5, 5.41) is 0. The Kier molecular flexibility index (Phi) is 3.12. The van der Waals surface area contributed by atoms with Crippen molar-refractivity contribution in [3.8, 4) is 0 Å². The molecular weight excluding hydrogens is 218 g/mol. The zero-order valence-corrected chi connectivity index (χ0v) is 10.7. The van der Waals surface area contributed by atoms with Crippen LogP contribution in [0.1, 0.15) is 41.4 Å². The first-order valence-corrected chi connectivity index (χ1v) is 6.25. The quantitative estimate of drug-likeness (QED) is 0.889. The van der Waals surface area contributed by atoms with Gasteiger partial charge in [0.05, 0.1) is 18.1 Å². The third kappa shape index (κ3) is 2.03. The van der Waals surface area contributed by atoms with Gasteiger partial charge >= 0.3 is 0 Å². The molecule has 0 fully saturated rings. The number of nitrogens with two attached hydrogens (primary N) is 1. The molecule has 2 rings (SSSR count). The molecule has 2 heterocycles. The summed E-state index contributed by atoms with van der Waals surface area (Å²) in [6.07, 6.45) is 3.71. The van der Waals surface area contributed by atoms with Gasteiger partial charge in [0, 0.05) is 22.0 Å². The van der Waals surface area contributed by atoms with Gasteiger partial charge in [0.25, 0.3) is 0 Å². The van der Waals surface area contributed by atoms with E-state index in [0.717, 1.165) is 5.69 Å². The number of aryl methyl sites for hydroxylation is 1. The first-order valence-electron chi connectivity index (χ1n) is 5.43. The molecule has 2 atom stereocenters. The maximum Gasteiger partial charge on any atom is 0.0954 e. The van der Waals surface area contributed by atoms with Gasteiger partial charge < -0.3 is 10.3 Å². The van der Waals surface area contributed by atoms with Gasteiger partial charge in [0.1, 0.15) is 0 Å². The summed E-state index contributed by atoms with van der Waals surface area (Å²) in [4.78, 5) is 6.87. The average Bonchev–Trinajstić information content (AvgIpc) is 2.84. The van der Waals surface area contributed by atoms with Crippen molar-refractivity contribution < 1.29 is 0 Å². The van der Waals surface area contributed by atoms with Crippen molar-refractivity contribution in [1.82, 2.24) is 9.55 Å². The summed E-state index contributed by atoms with van der Waals surface area (Å²) in [5.41, 5.74) is 7.00. The minimum atomic E-state index is 0.0195. The van der Waals surface area contributed by atoms with Crippen LogP contribution in [-0.2, 0) is 0 Å². The van der Waals surface area contributed by atoms with E-state index >= 15 is 0 Å². The SMILES string of the molecule is Cc1ccc(C(C)n2cncc2C(C)N)s1. The van der Waals surface area contributed by atoms with Crippen LogP contribution in [0.25, 0.3) is 0 Å². The highest BCUT2D eigenvalue weighted by atomic mass is 32.1. The number of rotatable bonds is 3. The molecule has 4 heteroatoms. The van der Waals surface area contributed by atoms with E-state index in [2.05, 4.69) is 35.5 Å². The molecule has 0 saturated carbocycles. The van der Waals surface area contributed by atoms with Gasteiger partial charge in [0.15, 0.2) is 0 Å². The molecule has 0 radical (unpaired) electrons. The van der Waals surface area contributed by atoms with Crippen LogP contribution in [0.3, 0.4) is 0 Å². The molecule has 2 aromatic heterocycles. The standard InChI is InChI=1S/C12H17N3S/c1-8-4-5-12(16-8)10(3)15-7-14-6-11(15)9(2)13/h4-7,9-10H,13H2,1-3H3. The van der Waals surface area contributed by atoms with Crippen LogP contribution in [0.15, 0.2) is 24.7 Å². The van der Waals surface area contributed by atoms with Gasteiger partial charge in [-0.05, 0) is 32.9 Å². The molecule has 0 aromatic carbocycles. The first kappa shape index (κ1) is 11.4. The lowest BCUT2D eigenvalue weighted by Crippen LogP contribution is -2.14. The highest BCUT2D eigenvalue weighted by molar-refractivity contribution is 7.12. The smallest absolute Gasteiger partial charge is 0.0954 e. The lowest BCUT2D eigenvalue weighted by atomic mass is 10.2. The summed E-state index contributed by atoms with van der Waals surface area (Å²) in [6, 6.07) is 4.66. The van der Waals surface area contributed by atoms with Crippen LogP contribution in [0.2, 0.25) is 0 Å². The number of hydrogen-bond donors (Lipinski definition) is 1. The Balaban J connectivity index is 2.33. The maximum absolute atomic E-state index is 5.92. The number of thiophene rings is 1. The summed E-state index contributed by atoms with van der Waals surface area (Å²) >= 11 is 1.83. The second kappa shape index (κ2) is 4.39. The fourth-order valence-electron chi connectivity index (χ4n) is 1.81. The Hall–Kier alpha value is -1.13. The number of imidazole rings is 1. The van der Waals surface area contributed by atoms with Crippen LogP contribution >= 0.6 is 11.3 Å². The van der Waals surface area contributed by atoms with Gasteiger partial charge in [-0.3, -0.25) is 0 Å². The molecule has 0 bridgehead atoms. The number of aromatic nitrogens is 2. The van der Waals surface area contributed by atoms with Crippen molar-refractivity contribution in [1.29, 1.82) is 0 Å². The second-order valence-electron chi connectivity index (χ2n) is 4.14. The van der Waals surface area contributed by atoms with Crippen LogP contribution in [0.5, 0.6) is 0 Å². The summed E-state index contributed by atoms with van der Waals surface area (Å²) < 4.78 is 2.15. The monoisotopic (exact) mass is 235 g/mol. The van der Waals surface area contributed by atoms with Crippen LogP contribution in [0, 0.1) is 6.92 Å². The topological polar surface area (TPSA) is 43.8 Å². The highest BCUT2D eigenvalue weighted by Gasteiger charge is 2.14. The van der Waals surface area contributed by atoms with E-state index < -0.39 is 0 Å². The minimum absolute atomic E-state index is 0.0195. The van der Waals surface area contributed by atoms with Gasteiger partial charge in [-0.2, -0.15) is 0 Å². The second-order valence-corrected chi connectivity index (χ2v) is 5.46. The fraction of sp³-hybridized carbons (Fsp3) is 0.417. The van der Waals surface area contributed by atoms with E-state index in [1.54, 1.807) is 0 Å². The molecule has 0 aliphatic carbocycles. The Bertz CT molecular complexity index is 470. The molecule has 0 spiro atoms. The normalized spacial score (nSPS) is 15.0. The fourth-order valence-corrected chi connectivity index (χ4v) is 2.73. The van der Waals surface area contributed by atoms with Crippen molar-refractivity contribution in [2.24, 2.45) is 5.73 Å². The number of hydrogen-bond acceptors (Lipinski definition) is 3. The summed E-state index contributed by atoms with van der Waals surface area (Å²) in [6.45, 7) is 6.29. The van der Waals surface area contributed by atoms with E-state index in [4.69, 9.17) is 5.73 Å². The Morgan fingerprint density at radius 2 is 2.12 bits per heavy atom. The predicted octanol–water partition coefficient (Wildman–Crippen LogP) is 2.88. The molecule has 3 nitrogen and oxygen atoms in total. The molecule has 2 aromatic rings. The average molecular weight is 235 g/mol. The highest BCUT2D eigenvalue weighted by Crippen LogP contribution is 2.27. The van der Waals surface area contributed by atoms with Crippen molar-refractivity contribution >= 4 is 11.3 Å². The van der Waals surface area contributed by atoms with E-state index in [-0.39, 0.29) is 6.04 Å².